The first-order chi connectivity index (χ1) is 14.8. The number of aliphatic carboxylic acids is 2. The molecule has 0 fully saturated rings. The lowest BCUT2D eigenvalue weighted by atomic mass is 10.0. The SMILES string of the molecule is NC(Cc1ccccc1)[C@H]1COc2ccc3c(c2O1)CC(=O)N3.O=C(O)C=CC(=O)O. The van der Waals surface area contributed by atoms with Crippen molar-refractivity contribution in [3.8, 4) is 11.5 Å². The number of rotatable bonds is 5. The zero-order chi connectivity index (χ0) is 22.4. The number of nitrogens with one attached hydrogen (secondary N) is 1. The second-order valence-corrected chi connectivity index (χ2v) is 6.97. The van der Waals surface area contributed by atoms with Crippen molar-refractivity contribution in [1.29, 1.82) is 0 Å². The summed E-state index contributed by atoms with van der Waals surface area (Å²) in [6.07, 6.45) is 1.92. The van der Waals surface area contributed by atoms with Crippen molar-refractivity contribution in [2.24, 2.45) is 5.73 Å². The molecule has 0 aromatic heterocycles. The van der Waals surface area contributed by atoms with Crippen molar-refractivity contribution >= 4 is 23.5 Å². The van der Waals surface area contributed by atoms with Crippen LogP contribution in [0.4, 0.5) is 5.69 Å². The van der Waals surface area contributed by atoms with Crippen molar-refractivity contribution in [1.82, 2.24) is 0 Å². The number of carbonyl (C=O) groups excluding carboxylic acids is 1. The Morgan fingerprint density at radius 2 is 1.81 bits per heavy atom. The Balaban J connectivity index is 0.000000293. The number of carbonyl (C=O) groups is 3. The molecule has 31 heavy (non-hydrogen) atoms. The third kappa shape index (κ3) is 5.83. The molecule has 2 aliphatic rings. The molecule has 0 saturated carbocycles. The summed E-state index contributed by atoms with van der Waals surface area (Å²) in [7, 11) is 0. The van der Waals surface area contributed by atoms with E-state index in [4.69, 9.17) is 25.4 Å². The normalized spacial score (nSPS) is 17.2. The third-order valence-corrected chi connectivity index (χ3v) is 4.67. The molecule has 0 aliphatic carbocycles. The molecule has 0 bridgehead atoms. The van der Waals surface area contributed by atoms with Crippen molar-refractivity contribution in [2.75, 3.05) is 11.9 Å². The van der Waals surface area contributed by atoms with Gasteiger partial charge in [0.25, 0.3) is 0 Å². The van der Waals surface area contributed by atoms with Crippen LogP contribution in [-0.4, -0.2) is 46.8 Å². The van der Waals surface area contributed by atoms with Crippen LogP contribution >= 0.6 is 0 Å². The summed E-state index contributed by atoms with van der Waals surface area (Å²) in [6.45, 7) is 0.418. The summed E-state index contributed by atoms with van der Waals surface area (Å²) in [5.74, 6) is -1.20. The zero-order valence-electron chi connectivity index (χ0n) is 16.5. The largest absolute Gasteiger partial charge is 0.486 e. The van der Waals surface area contributed by atoms with Gasteiger partial charge in [-0.15, -0.1) is 0 Å². The third-order valence-electron chi connectivity index (χ3n) is 4.67. The molecular formula is C22H22N2O7. The fraction of sp³-hybridized carbons (Fsp3) is 0.227. The number of nitrogens with two attached hydrogens (primary N) is 1. The minimum Gasteiger partial charge on any atom is -0.486 e. The second-order valence-electron chi connectivity index (χ2n) is 6.97. The Hall–Kier alpha value is -3.85. The number of hydrogen-bond donors (Lipinski definition) is 4. The predicted molar refractivity (Wildman–Crippen MR) is 111 cm³/mol. The van der Waals surface area contributed by atoms with E-state index in [1.54, 1.807) is 0 Å². The van der Waals surface area contributed by atoms with Crippen molar-refractivity contribution in [3.05, 3.63) is 65.7 Å². The number of carboxylic acids is 2. The van der Waals surface area contributed by atoms with Crippen LogP contribution in [0.5, 0.6) is 11.5 Å². The van der Waals surface area contributed by atoms with Gasteiger partial charge in [0.15, 0.2) is 11.5 Å². The highest BCUT2D eigenvalue weighted by Crippen LogP contribution is 2.42. The minimum atomic E-state index is -1.26. The first-order valence-corrected chi connectivity index (χ1v) is 9.52. The zero-order valence-corrected chi connectivity index (χ0v) is 16.5. The Morgan fingerprint density at radius 1 is 1.13 bits per heavy atom. The Kier molecular flexibility index (Phi) is 6.88. The quantitative estimate of drug-likeness (QED) is 0.527. The molecule has 2 aliphatic heterocycles. The molecule has 4 rings (SSSR count). The molecule has 2 aromatic carbocycles. The average molecular weight is 426 g/mol. The summed E-state index contributed by atoms with van der Waals surface area (Å²) in [5, 5.41) is 18.5. The van der Waals surface area contributed by atoms with Gasteiger partial charge in [-0.25, -0.2) is 9.59 Å². The molecule has 2 heterocycles. The van der Waals surface area contributed by atoms with Crippen molar-refractivity contribution in [3.63, 3.8) is 0 Å². The average Bonchev–Trinajstić information content (AvgIpc) is 3.14. The molecule has 9 heteroatoms. The number of amides is 1. The highest BCUT2D eigenvalue weighted by molar-refractivity contribution is 6.00. The maximum Gasteiger partial charge on any atom is 0.328 e. The van der Waals surface area contributed by atoms with Crippen LogP contribution in [0.25, 0.3) is 0 Å². The van der Waals surface area contributed by atoms with Crippen LogP contribution in [0, 0.1) is 0 Å². The Morgan fingerprint density at radius 3 is 2.45 bits per heavy atom. The first-order valence-electron chi connectivity index (χ1n) is 9.52. The lowest BCUT2D eigenvalue weighted by molar-refractivity contribution is -0.134. The van der Waals surface area contributed by atoms with E-state index in [2.05, 4.69) is 17.4 Å². The van der Waals surface area contributed by atoms with Crippen LogP contribution in [0.3, 0.4) is 0 Å². The molecule has 2 atom stereocenters. The van der Waals surface area contributed by atoms with E-state index in [-0.39, 0.29) is 18.1 Å². The lowest BCUT2D eigenvalue weighted by Crippen LogP contribution is -2.46. The van der Waals surface area contributed by atoms with E-state index in [0.717, 1.165) is 17.7 Å². The van der Waals surface area contributed by atoms with E-state index in [1.807, 2.05) is 30.3 Å². The van der Waals surface area contributed by atoms with E-state index in [0.29, 0.717) is 36.7 Å². The second kappa shape index (κ2) is 9.77. The van der Waals surface area contributed by atoms with E-state index in [9.17, 15) is 14.4 Å². The topological polar surface area (TPSA) is 148 Å². The van der Waals surface area contributed by atoms with Gasteiger partial charge in [0.05, 0.1) is 6.42 Å². The summed E-state index contributed by atoms with van der Waals surface area (Å²) in [4.78, 5) is 30.7. The van der Waals surface area contributed by atoms with Crippen molar-refractivity contribution in [2.45, 2.75) is 25.0 Å². The van der Waals surface area contributed by atoms with Gasteiger partial charge in [0, 0.05) is 29.4 Å². The smallest absolute Gasteiger partial charge is 0.328 e. The molecule has 162 valence electrons. The molecule has 2 aromatic rings. The summed E-state index contributed by atoms with van der Waals surface area (Å²) >= 11 is 0. The van der Waals surface area contributed by atoms with Gasteiger partial charge < -0.3 is 30.7 Å². The van der Waals surface area contributed by atoms with Gasteiger partial charge in [-0.3, -0.25) is 4.79 Å². The standard InChI is InChI=1S/C18H18N2O3.C4H4O4/c19-13(8-11-4-2-1-3-5-11)16-10-22-15-7-6-14-12(18(15)23-16)9-17(21)20-14;5-3(6)1-2-4(7)8/h1-7,13,16H,8-10,19H2,(H,20,21);1-2H,(H,5,6)(H,7,8)/t13?,16-;/m1./s1. The van der Waals surface area contributed by atoms with E-state index in [1.165, 1.54) is 5.56 Å². The Bertz CT molecular complexity index is 988. The molecule has 5 N–H and O–H groups in total. The number of benzene rings is 2. The number of anilines is 1. The van der Waals surface area contributed by atoms with Crippen LogP contribution in [0.2, 0.25) is 0 Å². The first kappa shape index (κ1) is 21.8. The minimum absolute atomic E-state index is 0.0206. The van der Waals surface area contributed by atoms with Gasteiger partial charge in [0.1, 0.15) is 12.7 Å². The number of carboxylic acid groups (broad SMARTS) is 2. The fourth-order valence-corrected chi connectivity index (χ4v) is 3.23. The highest BCUT2D eigenvalue weighted by Gasteiger charge is 2.32. The number of ether oxygens (including phenoxy) is 2. The van der Waals surface area contributed by atoms with Gasteiger partial charge in [-0.05, 0) is 24.1 Å². The molecule has 0 saturated heterocycles. The van der Waals surface area contributed by atoms with E-state index < -0.39 is 11.9 Å². The van der Waals surface area contributed by atoms with Gasteiger partial charge >= 0.3 is 11.9 Å². The maximum absolute atomic E-state index is 11.6. The fourth-order valence-electron chi connectivity index (χ4n) is 3.23. The Labute approximate surface area is 178 Å². The number of fused-ring (bicyclic) bond motifs is 3. The molecular weight excluding hydrogens is 404 g/mol. The molecule has 1 unspecified atom stereocenters. The summed E-state index contributed by atoms with van der Waals surface area (Å²) in [6, 6.07) is 13.6. The van der Waals surface area contributed by atoms with Crippen LogP contribution in [0.15, 0.2) is 54.6 Å². The lowest BCUT2D eigenvalue weighted by Gasteiger charge is -2.31. The van der Waals surface area contributed by atoms with Crippen molar-refractivity contribution < 1.29 is 34.1 Å². The predicted octanol–water partition coefficient (Wildman–Crippen LogP) is 1.60. The summed E-state index contributed by atoms with van der Waals surface area (Å²) in [5.41, 5.74) is 9.16. The summed E-state index contributed by atoms with van der Waals surface area (Å²) < 4.78 is 11.9. The van der Waals surface area contributed by atoms with E-state index >= 15 is 0 Å². The van der Waals surface area contributed by atoms with Crippen LogP contribution in [0.1, 0.15) is 11.1 Å². The van der Waals surface area contributed by atoms with Gasteiger partial charge in [0.2, 0.25) is 5.91 Å². The highest BCUT2D eigenvalue weighted by atomic mass is 16.6. The van der Waals surface area contributed by atoms with Gasteiger partial charge in [-0.2, -0.15) is 0 Å². The maximum atomic E-state index is 11.6. The van der Waals surface area contributed by atoms with Crippen LogP contribution in [-0.2, 0) is 27.2 Å². The van der Waals surface area contributed by atoms with Crippen LogP contribution < -0.4 is 20.5 Å². The molecule has 0 spiro atoms. The molecule has 9 nitrogen and oxygen atoms in total. The van der Waals surface area contributed by atoms with Gasteiger partial charge in [-0.1, -0.05) is 30.3 Å². The molecule has 0 radical (unpaired) electrons. The molecule has 1 amide bonds. The monoisotopic (exact) mass is 426 g/mol. The number of hydrogen-bond acceptors (Lipinski definition) is 6.